The van der Waals surface area contributed by atoms with Gasteiger partial charge >= 0.3 is 0 Å². The molecule has 0 N–H and O–H groups in total. The van der Waals surface area contributed by atoms with E-state index in [9.17, 15) is 14.7 Å². The van der Waals surface area contributed by atoms with Crippen molar-refractivity contribution in [3.63, 3.8) is 0 Å². The van der Waals surface area contributed by atoms with Crippen molar-refractivity contribution in [1.29, 1.82) is 0 Å². The first-order valence-electron chi connectivity index (χ1n) is 7.27. The molecule has 1 aromatic carbocycles. The molecule has 0 radical (unpaired) electrons. The van der Waals surface area contributed by atoms with Crippen molar-refractivity contribution in [2.75, 3.05) is 0 Å². The van der Waals surface area contributed by atoms with Gasteiger partial charge in [-0.25, -0.2) is 0 Å². The fraction of sp³-hybridized carbons (Fsp3) is 0.500. The molecule has 20 heavy (non-hydrogen) atoms. The van der Waals surface area contributed by atoms with Gasteiger partial charge in [-0.2, -0.15) is 0 Å². The Balaban J connectivity index is 1.91. The lowest BCUT2D eigenvalue weighted by Crippen LogP contribution is -2.50. The summed E-state index contributed by atoms with van der Waals surface area (Å²) in [5.41, 5.74) is 0.560. The van der Waals surface area contributed by atoms with Crippen molar-refractivity contribution in [3.05, 3.63) is 35.9 Å². The van der Waals surface area contributed by atoms with E-state index in [-0.39, 0.29) is 11.9 Å². The highest BCUT2D eigenvalue weighted by molar-refractivity contribution is 5.97. The van der Waals surface area contributed by atoms with Crippen LogP contribution in [-0.4, -0.2) is 28.9 Å². The molecule has 3 rings (SSSR count). The molecule has 1 saturated carbocycles. The summed E-state index contributed by atoms with van der Waals surface area (Å²) >= 11 is 0. The maximum absolute atomic E-state index is 12.7. The third kappa shape index (κ3) is 2.19. The number of benzene rings is 1. The average Bonchev–Trinajstić information content (AvgIpc) is 2.87. The SMILES string of the molecule is O=C([O-])[C@H]1C[C@@H]2CCCC[C@@H]2N1C(=O)c1ccccc1. The number of likely N-dealkylation sites (tertiary alicyclic amines) is 1. The first kappa shape index (κ1) is 13.2. The quantitative estimate of drug-likeness (QED) is 0.813. The second kappa shape index (κ2) is 5.27. The Labute approximate surface area is 118 Å². The van der Waals surface area contributed by atoms with E-state index >= 15 is 0 Å². The Kier molecular flexibility index (Phi) is 3.47. The van der Waals surface area contributed by atoms with Gasteiger partial charge in [0.2, 0.25) is 0 Å². The Bertz CT molecular complexity index is 514. The molecular formula is C16H18NO3-. The van der Waals surface area contributed by atoms with Crippen LogP contribution < -0.4 is 5.11 Å². The van der Waals surface area contributed by atoms with Crippen LogP contribution in [-0.2, 0) is 4.79 Å². The van der Waals surface area contributed by atoms with Crippen molar-refractivity contribution >= 4 is 11.9 Å². The molecular weight excluding hydrogens is 254 g/mol. The van der Waals surface area contributed by atoms with Crippen molar-refractivity contribution in [3.8, 4) is 0 Å². The zero-order chi connectivity index (χ0) is 14.1. The first-order chi connectivity index (χ1) is 9.68. The molecule has 106 valence electrons. The number of carbonyl (C=O) groups excluding carboxylic acids is 2. The number of rotatable bonds is 2. The summed E-state index contributed by atoms with van der Waals surface area (Å²) < 4.78 is 0. The molecule has 1 amide bonds. The Morgan fingerprint density at radius 1 is 1.10 bits per heavy atom. The topological polar surface area (TPSA) is 60.4 Å². The number of carboxylic acid groups (broad SMARTS) is 1. The predicted octanol–water partition coefficient (Wildman–Crippen LogP) is 1.21. The van der Waals surface area contributed by atoms with Gasteiger partial charge in [-0.1, -0.05) is 31.0 Å². The minimum Gasteiger partial charge on any atom is -0.548 e. The number of hydrogen-bond acceptors (Lipinski definition) is 3. The largest absolute Gasteiger partial charge is 0.548 e. The van der Waals surface area contributed by atoms with Gasteiger partial charge in [0.05, 0.1) is 12.0 Å². The molecule has 1 heterocycles. The summed E-state index contributed by atoms with van der Waals surface area (Å²) in [7, 11) is 0. The highest BCUT2D eigenvalue weighted by atomic mass is 16.4. The van der Waals surface area contributed by atoms with E-state index in [1.54, 1.807) is 29.2 Å². The Morgan fingerprint density at radius 2 is 1.80 bits per heavy atom. The molecule has 4 heteroatoms. The predicted molar refractivity (Wildman–Crippen MR) is 71.8 cm³/mol. The monoisotopic (exact) mass is 272 g/mol. The maximum Gasteiger partial charge on any atom is 0.254 e. The number of carbonyl (C=O) groups is 2. The van der Waals surface area contributed by atoms with Gasteiger partial charge in [0.1, 0.15) is 0 Å². The van der Waals surface area contributed by atoms with Crippen LogP contribution in [0.5, 0.6) is 0 Å². The van der Waals surface area contributed by atoms with Crippen LogP contribution in [0.15, 0.2) is 30.3 Å². The maximum atomic E-state index is 12.7. The lowest BCUT2D eigenvalue weighted by Gasteiger charge is -2.34. The zero-order valence-electron chi connectivity index (χ0n) is 11.3. The number of fused-ring (bicyclic) bond motifs is 1. The van der Waals surface area contributed by atoms with Gasteiger partial charge in [-0.15, -0.1) is 0 Å². The molecule has 1 aromatic rings. The number of hydrogen-bond donors (Lipinski definition) is 0. The summed E-state index contributed by atoms with van der Waals surface area (Å²) in [5, 5.41) is 11.4. The molecule has 4 nitrogen and oxygen atoms in total. The van der Waals surface area contributed by atoms with E-state index in [2.05, 4.69) is 0 Å². The number of nitrogens with zero attached hydrogens (tertiary/aromatic N) is 1. The summed E-state index contributed by atoms with van der Waals surface area (Å²) in [6.45, 7) is 0. The van der Waals surface area contributed by atoms with Crippen LogP contribution >= 0.6 is 0 Å². The molecule has 0 spiro atoms. The molecule has 1 aliphatic carbocycles. The number of amides is 1. The Hall–Kier alpha value is -1.84. The lowest BCUT2D eigenvalue weighted by atomic mass is 9.84. The van der Waals surface area contributed by atoms with E-state index in [1.807, 2.05) is 6.07 Å². The highest BCUT2D eigenvalue weighted by Gasteiger charge is 2.45. The van der Waals surface area contributed by atoms with Gasteiger partial charge in [-0.3, -0.25) is 4.79 Å². The smallest absolute Gasteiger partial charge is 0.254 e. The molecule has 0 unspecified atom stereocenters. The van der Waals surface area contributed by atoms with Crippen LogP contribution in [0.25, 0.3) is 0 Å². The van der Waals surface area contributed by atoms with Crippen LogP contribution in [0.1, 0.15) is 42.5 Å². The minimum atomic E-state index is -1.12. The van der Waals surface area contributed by atoms with Gasteiger partial charge < -0.3 is 14.8 Å². The van der Waals surface area contributed by atoms with E-state index < -0.39 is 12.0 Å². The lowest BCUT2D eigenvalue weighted by molar-refractivity contribution is -0.310. The van der Waals surface area contributed by atoms with E-state index in [0.717, 1.165) is 25.7 Å². The fourth-order valence-electron chi connectivity index (χ4n) is 3.69. The highest BCUT2D eigenvalue weighted by Crippen LogP contribution is 2.40. The van der Waals surface area contributed by atoms with E-state index in [4.69, 9.17) is 0 Å². The average molecular weight is 272 g/mol. The molecule has 0 aromatic heterocycles. The minimum absolute atomic E-state index is 0.0688. The summed E-state index contributed by atoms with van der Waals surface area (Å²) in [6.07, 6.45) is 4.68. The van der Waals surface area contributed by atoms with Crippen LogP contribution in [0.4, 0.5) is 0 Å². The third-order valence-corrected chi connectivity index (χ3v) is 4.62. The van der Waals surface area contributed by atoms with Crippen LogP contribution in [0, 0.1) is 5.92 Å². The van der Waals surface area contributed by atoms with Gasteiger partial charge in [0, 0.05) is 11.6 Å². The van der Waals surface area contributed by atoms with Gasteiger partial charge in [0.25, 0.3) is 5.91 Å². The summed E-state index contributed by atoms with van der Waals surface area (Å²) in [4.78, 5) is 25.6. The third-order valence-electron chi connectivity index (χ3n) is 4.62. The van der Waals surface area contributed by atoms with Crippen LogP contribution in [0.2, 0.25) is 0 Å². The van der Waals surface area contributed by atoms with Crippen molar-refractivity contribution < 1.29 is 14.7 Å². The number of aliphatic carboxylic acids is 1. The second-order valence-electron chi connectivity index (χ2n) is 5.76. The van der Waals surface area contributed by atoms with E-state index in [0.29, 0.717) is 17.9 Å². The first-order valence-corrected chi connectivity index (χ1v) is 7.27. The molecule has 2 aliphatic rings. The molecule has 2 fully saturated rings. The second-order valence-corrected chi connectivity index (χ2v) is 5.76. The van der Waals surface area contributed by atoms with E-state index in [1.165, 1.54) is 0 Å². The number of carboxylic acids is 1. The fourth-order valence-corrected chi connectivity index (χ4v) is 3.69. The standard InChI is InChI=1S/C16H19NO3/c18-15(11-6-2-1-3-7-11)17-13-9-5-4-8-12(13)10-14(17)16(19)20/h1-3,6-7,12-14H,4-5,8-10H2,(H,19,20)/p-1/t12-,13-,14+/m0/s1. The Morgan fingerprint density at radius 3 is 2.50 bits per heavy atom. The normalized spacial score (nSPS) is 29.0. The van der Waals surface area contributed by atoms with Gasteiger partial charge in [-0.05, 0) is 37.3 Å². The van der Waals surface area contributed by atoms with Crippen molar-refractivity contribution in [2.45, 2.75) is 44.2 Å². The van der Waals surface area contributed by atoms with Crippen LogP contribution in [0.3, 0.4) is 0 Å². The molecule has 0 bridgehead atoms. The van der Waals surface area contributed by atoms with Crippen molar-refractivity contribution in [1.82, 2.24) is 4.90 Å². The molecule has 1 aliphatic heterocycles. The molecule has 3 atom stereocenters. The van der Waals surface area contributed by atoms with Gasteiger partial charge in [0.15, 0.2) is 0 Å². The summed E-state index contributed by atoms with van der Waals surface area (Å²) in [5.74, 6) is -0.975. The summed E-state index contributed by atoms with van der Waals surface area (Å²) in [6, 6.07) is 8.23. The van der Waals surface area contributed by atoms with Crippen molar-refractivity contribution in [2.24, 2.45) is 5.92 Å². The molecule has 1 saturated heterocycles. The zero-order valence-corrected chi connectivity index (χ0v) is 11.3.